The molecule has 0 saturated heterocycles. The third-order valence-electron chi connectivity index (χ3n) is 2.10. The van der Waals surface area contributed by atoms with Crippen molar-refractivity contribution in [2.75, 3.05) is 0 Å². The molecule has 1 aromatic heterocycles. The summed E-state index contributed by atoms with van der Waals surface area (Å²) in [5.41, 5.74) is 1.17. The molecule has 0 aliphatic rings. The van der Waals surface area contributed by atoms with Crippen LogP contribution in [0.5, 0.6) is 5.75 Å². The highest BCUT2D eigenvalue weighted by Crippen LogP contribution is 2.35. The molecule has 0 saturated carbocycles. The molecule has 0 radical (unpaired) electrons. The number of hydrogen-bond donors (Lipinski definition) is 2. The fourth-order valence-corrected chi connectivity index (χ4v) is 2.78. The second-order valence-corrected chi connectivity index (χ2v) is 4.38. The van der Waals surface area contributed by atoms with Gasteiger partial charge in [0.25, 0.3) is 0 Å². The van der Waals surface area contributed by atoms with Crippen LogP contribution in [0.3, 0.4) is 0 Å². The molecule has 1 nitrogen and oxygen atoms in total. The molecule has 1 heterocycles. The maximum absolute atomic E-state index is 9.60. The van der Waals surface area contributed by atoms with Crippen LogP contribution in [0.4, 0.5) is 0 Å². The molecular formula is C10H10OS2. The molecule has 2 aromatic rings. The van der Waals surface area contributed by atoms with Crippen LogP contribution in [0.25, 0.3) is 10.1 Å². The third kappa shape index (κ3) is 1.42. The van der Waals surface area contributed by atoms with Gasteiger partial charge in [-0.25, -0.2) is 0 Å². The Labute approximate surface area is 86.4 Å². The Morgan fingerprint density at radius 2 is 2.23 bits per heavy atom. The molecule has 0 aliphatic carbocycles. The molecule has 68 valence electrons. The van der Waals surface area contributed by atoms with E-state index in [0.717, 1.165) is 21.4 Å². The Bertz CT molecular complexity index is 445. The van der Waals surface area contributed by atoms with Gasteiger partial charge >= 0.3 is 0 Å². The Morgan fingerprint density at radius 3 is 2.92 bits per heavy atom. The van der Waals surface area contributed by atoms with Crippen molar-refractivity contribution >= 4 is 34.1 Å². The number of thiol groups is 1. The number of benzene rings is 1. The lowest BCUT2D eigenvalue weighted by atomic mass is 10.1. The van der Waals surface area contributed by atoms with Crippen LogP contribution in [0.15, 0.2) is 22.4 Å². The van der Waals surface area contributed by atoms with Crippen molar-refractivity contribution in [2.24, 2.45) is 0 Å². The van der Waals surface area contributed by atoms with E-state index >= 15 is 0 Å². The average Bonchev–Trinajstić information content (AvgIpc) is 2.46. The quantitative estimate of drug-likeness (QED) is 0.691. The van der Waals surface area contributed by atoms with Gasteiger partial charge in [0, 0.05) is 20.4 Å². The lowest BCUT2D eigenvalue weighted by molar-refractivity contribution is 0.483. The summed E-state index contributed by atoms with van der Waals surface area (Å²) in [6.45, 7) is 2.08. The highest BCUT2D eigenvalue weighted by atomic mass is 32.1. The molecule has 13 heavy (non-hydrogen) atoms. The van der Waals surface area contributed by atoms with Crippen LogP contribution in [0.1, 0.15) is 12.5 Å². The third-order valence-corrected chi connectivity index (χ3v) is 3.28. The van der Waals surface area contributed by atoms with Gasteiger partial charge in [-0.1, -0.05) is 6.92 Å². The van der Waals surface area contributed by atoms with E-state index in [0.29, 0.717) is 5.75 Å². The zero-order valence-corrected chi connectivity index (χ0v) is 8.95. The topological polar surface area (TPSA) is 20.2 Å². The monoisotopic (exact) mass is 210 g/mol. The molecule has 1 N–H and O–H groups in total. The Balaban J connectivity index is 2.85. The molecule has 1 aromatic carbocycles. The SMILES string of the molecule is CCc1cc(S)cc2scc(O)c12. The van der Waals surface area contributed by atoms with Crippen LogP contribution in [0, 0.1) is 0 Å². The zero-order chi connectivity index (χ0) is 9.42. The number of thiophene rings is 1. The first-order chi connectivity index (χ1) is 6.22. The minimum atomic E-state index is 0.394. The van der Waals surface area contributed by atoms with Crippen LogP contribution >= 0.6 is 24.0 Å². The molecule has 0 fully saturated rings. The van der Waals surface area contributed by atoms with E-state index in [2.05, 4.69) is 19.6 Å². The highest BCUT2D eigenvalue weighted by molar-refractivity contribution is 7.80. The maximum atomic E-state index is 9.60. The molecule has 2 rings (SSSR count). The summed E-state index contributed by atoms with van der Waals surface area (Å²) in [5.74, 6) is 0.394. The van der Waals surface area contributed by atoms with Gasteiger partial charge in [0.05, 0.1) is 0 Å². The van der Waals surface area contributed by atoms with Gasteiger partial charge in [0.15, 0.2) is 0 Å². The minimum absolute atomic E-state index is 0.394. The smallest absolute Gasteiger partial charge is 0.134 e. The first-order valence-electron chi connectivity index (χ1n) is 4.14. The van der Waals surface area contributed by atoms with Crippen molar-refractivity contribution in [1.29, 1.82) is 0 Å². The van der Waals surface area contributed by atoms with E-state index in [1.807, 2.05) is 12.1 Å². The van der Waals surface area contributed by atoms with E-state index in [4.69, 9.17) is 0 Å². The van der Waals surface area contributed by atoms with Crippen LogP contribution in [0.2, 0.25) is 0 Å². The van der Waals surface area contributed by atoms with Crippen LogP contribution in [-0.2, 0) is 6.42 Å². The van der Waals surface area contributed by atoms with Gasteiger partial charge in [-0.3, -0.25) is 0 Å². The van der Waals surface area contributed by atoms with Gasteiger partial charge in [-0.15, -0.1) is 24.0 Å². The summed E-state index contributed by atoms with van der Waals surface area (Å²) in [6.07, 6.45) is 0.926. The summed E-state index contributed by atoms with van der Waals surface area (Å²) in [6, 6.07) is 4.00. The van der Waals surface area contributed by atoms with Gasteiger partial charge in [0.1, 0.15) is 5.75 Å². The Morgan fingerprint density at radius 1 is 1.46 bits per heavy atom. The standard InChI is InChI=1S/C10H10OS2/c1-2-6-3-7(12)4-9-10(6)8(11)5-13-9/h3-5,11-12H,2H2,1H3. The predicted octanol–water partition coefficient (Wildman–Crippen LogP) is 3.46. The molecule has 3 heteroatoms. The fourth-order valence-electron chi connectivity index (χ4n) is 1.50. The second kappa shape index (κ2) is 3.24. The normalized spacial score (nSPS) is 10.9. The summed E-state index contributed by atoms with van der Waals surface area (Å²) < 4.78 is 1.11. The van der Waals surface area contributed by atoms with Gasteiger partial charge in [-0.2, -0.15) is 0 Å². The van der Waals surface area contributed by atoms with Crippen LogP contribution < -0.4 is 0 Å². The van der Waals surface area contributed by atoms with Crippen molar-refractivity contribution in [3.05, 3.63) is 23.1 Å². The molecule has 0 spiro atoms. The van der Waals surface area contributed by atoms with E-state index in [-0.39, 0.29) is 0 Å². The molecule has 0 unspecified atom stereocenters. The zero-order valence-electron chi connectivity index (χ0n) is 7.24. The Kier molecular flexibility index (Phi) is 2.22. The van der Waals surface area contributed by atoms with E-state index < -0.39 is 0 Å². The lowest BCUT2D eigenvalue weighted by Crippen LogP contribution is -1.81. The van der Waals surface area contributed by atoms with E-state index in [1.54, 1.807) is 16.7 Å². The number of hydrogen-bond acceptors (Lipinski definition) is 3. The largest absolute Gasteiger partial charge is 0.506 e. The minimum Gasteiger partial charge on any atom is -0.506 e. The summed E-state index contributed by atoms with van der Waals surface area (Å²) in [5, 5.41) is 12.4. The number of rotatable bonds is 1. The summed E-state index contributed by atoms with van der Waals surface area (Å²) in [4.78, 5) is 0.964. The summed E-state index contributed by atoms with van der Waals surface area (Å²) >= 11 is 5.88. The number of fused-ring (bicyclic) bond motifs is 1. The predicted molar refractivity (Wildman–Crippen MR) is 60.1 cm³/mol. The fraction of sp³-hybridized carbons (Fsp3) is 0.200. The van der Waals surface area contributed by atoms with E-state index in [1.165, 1.54) is 5.56 Å². The highest BCUT2D eigenvalue weighted by Gasteiger charge is 2.07. The van der Waals surface area contributed by atoms with Crippen molar-refractivity contribution in [3.8, 4) is 5.75 Å². The molecule has 0 aliphatic heterocycles. The van der Waals surface area contributed by atoms with Gasteiger partial charge in [-0.05, 0) is 24.1 Å². The second-order valence-electron chi connectivity index (χ2n) is 2.95. The molecular weight excluding hydrogens is 200 g/mol. The van der Waals surface area contributed by atoms with Gasteiger partial charge < -0.3 is 5.11 Å². The first-order valence-corrected chi connectivity index (χ1v) is 5.47. The average molecular weight is 210 g/mol. The Hall–Kier alpha value is -0.670. The number of aryl methyl sites for hydroxylation is 1. The first kappa shape index (κ1) is 8.91. The summed E-state index contributed by atoms with van der Waals surface area (Å²) in [7, 11) is 0. The van der Waals surface area contributed by atoms with E-state index in [9.17, 15) is 5.11 Å². The van der Waals surface area contributed by atoms with Crippen molar-refractivity contribution in [3.63, 3.8) is 0 Å². The number of aromatic hydroxyl groups is 1. The van der Waals surface area contributed by atoms with Crippen molar-refractivity contribution < 1.29 is 5.11 Å². The molecule has 0 bridgehead atoms. The van der Waals surface area contributed by atoms with Crippen molar-refractivity contribution in [1.82, 2.24) is 0 Å². The lowest BCUT2D eigenvalue weighted by Gasteiger charge is -2.01. The van der Waals surface area contributed by atoms with Crippen LogP contribution in [-0.4, -0.2) is 5.11 Å². The van der Waals surface area contributed by atoms with Gasteiger partial charge in [0.2, 0.25) is 0 Å². The van der Waals surface area contributed by atoms with Crippen molar-refractivity contribution in [2.45, 2.75) is 18.2 Å². The molecule has 0 amide bonds. The maximum Gasteiger partial charge on any atom is 0.134 e. The molecule has 0 atom stereocenters.